The minimum absolute atomic E-state index is 0.0383. The van der Waals surface area contributed by atoms with Gasteiger partial charge in [-0.05, 0) is 55.2 Å². The molecule has 0 radical (unpaired) electrons. The van der Waals surface area contributed by atoms with Crippen LogP contribution in [0.15, 0.2) is 82.6 Å². The maximum atomic E-state index is 13.7. The maximum absolute atomic E-state index is 13.7. The van der Waals surface area contributed by atoms with Gasteiger partial charge in [-0.1, -0.05) is 71.9 Å². The third kappa shape index (κ3) is 4.60. The number of thioether (sulfide) groups is 1. The second-order valence-corrected chi connectivity index (χ2v) is 9.67. The lowest BCUT2D eigenvalue weighted by molar-refractivity contribution is -0.114. The molecule has 5 heteroatoms. The van der Waals surface area contributed by atoms with Crippen LogP contribution in [0.2, 0.25) is 0 Å². The predicted molar refractivity (Wildman–Crippen MR) is 134 cm³/mol. The van der Waals surface area contributed by atoms with Crippen LogP contribution in [0.5, 0.6) is 0 Å². The van der Waals surface area contributed by atoms with Crippen molar-refractivity contribution in [3.8, 4) is 0 Å². The van der Waals surface area contributed by atoms with Crippen molar-refractivity contribution in [1.29, 1.82) is 0 Å². The summed E-state index contributed by atoms with van der Waals surface area (Å²) in [4.78, 5) is 32.1. The first kappa shape index (κ1) is 21.5. The van der Waals surface area contributed by atoms with E-state index in [9.17, 15) is 9.59 Å². The highest BCUT2D eigenvalue weighted by atomic mass is 32.2. The number of hydrogen-bond donors (Lipinski definition) is 0. The van der Waals surface area contributed by atoms with Crippen molar-refractivity contribution < 1.29 is 9.59 Å². The van der Waals surface area contributed by atoms with E-state index in [-0.39, 0.29) is 11.8 Å². The van der Waals surface area contributed by atoms with Gasteiger partial charge in [0.15, 0.2) is 0 Å². The molecule has 4 nitrogen and oxygen atoms in total. The number of fused-ring (bicyclic) bond motifs is 1. The highest BCUT2D eigenvalue weighted by Gasteiger charge is 2.31. The highest BCUT2D eigenvalue weighted by Crippen LogP contribution is 2.43. The molecule has 5 rings (SSSR count). The number of nitrogens with zero attached hydrogens (tertiary/aromatic N) is 2. The van der Waals surface area contributed by atoms with E-state index in [4.69, 9.17) is 0 Å². The molecule has 2 aliphatic rings. The van der Waals surface area contributed by atoms with Crippen LogP contribution >= 0.6 is 11.8 Å². The first-order valence-corrected chi connectivity index (χ1v) is 12.2. The summed E-state index contributed by atoms with van der Waals surface area (Å²) in [7, 11) is 0. The molecule has 0 saturated carbocycles. The predicted octanol–water partition coefficient (Wildman–Crippen LogP) is 5.91. The molecule has 166 valence electrons. The number of hydrogen-bond acceptors (Lipinski definition) is 3. The van der Waals surface area contributed by atoms with Crippen molar-refractivity contribution in [2.24, 2.45) is 0 Å². The third-order valence-electron chi connectivity index (χ3n) is 6.09. The molecule has 0 atom stereocenters. The van der Waals surface area contributed by atoms with Crippen LogP contribution in [0.25, 0.3) is 6.08 Å². The first-order valence-electron chi connectivity index (χ1n) is 11.3. The Morgan fingerprint density at radius 1 is 0.970 bits per heavy atom. The van der Waals surface area contributed by atoms with Gasteiger partial charge in [0.1, 0.15) is 0 Å². The number of carbonyl (C=O) groups excluding carboxylic acids is 2. The van der Waals surface area contributed by atoms with Gasteiger partial charge in [0.25, 0.3) is 11.8 Å². The number of likely N-dealkylation sites (tertiary alicyclic amines) is 1. The quantitative estimate of drug-likeness (QED) is 0.460. The normalized spacial score (nSPS) is 16.9. The molecule has 0 N–H and O–H groups in total. The minimum Gasteiger partial charge on any atom is -0.339 e. The summed E-state index contributed by atoms with van der Waals surface area (Å²) >= 11 is 1.48. The van der Waals surface area contributed by atoms with Crippen LogP contribution < -0.4 is 4.90 Å². The van der Waals surface area contributed by atoms with Gasteiger partial charge in [-0.2, -0.15) is 0 Å². The van der Waals surface area contributed by atoms with E-state index >= 15 is 0 Å². The summed E-state index contributed by atoms with van der Waals surface area (Å²) in [5.74, 6) is 0.0116. The molecule has 0 aliphatic carbocycles. The zero-order valence-corrected chi connectivity index (χ0v) is 19.5. The molecule has 1 saturated heterocycles. The number of anilines is 1. The van der Waals surface area contributed by atoms with Crippen molar-refractivity contribution >= 4 is 35.3 Å². The highest BCUT2D eigenvalue weighted by molar-refractivity contribution is 8.04. The molecule has 0 unspecified atom stereocenters. The average molecular weight is 455 g/mol. The number of aryl methyl sites for hydroxylation is 1. The smallest absolute Gasteiger partial charge is 0.265 e. The van der Waals surface area contributed by atoms with Crippen LogP contribution in [0.1, 0.15) is 39.9 Å². The SMILES string of the molecule is Cc1cccc(CN2C(=O)C(=Cc3ccccc3)Sc3ccc(C(=O)N4CCCC4)cc32)c1. The summed E-state index contributed by atoms with van der Waals surface area (Å²) in [6.45, 7) is 4.13. The molecule has 33 heavy (non-hydrogen) atoms. The van der Waals surface area contributed by atoms with E-state index in [0.717, 1.165) is 53.2 Å². The summed E-state index contributed by atoms with van der Waals surface area (Å²) in [5, 5.41) is 0. The van der Waals surface area contributed by atoms with E-state index in [2.05, 4.69) is 19.1 Å². The lowest BCUT2D eigenvalue weighted by Gasteiger charge is -2.31. The lowest BCUT2D eigenvalue weighted by atomic mass is 10.1. The summed E-state index contributed by atoms with van der Waals surface area (Å²) in [5.41, 5.74) is 4.67. The first-order chi connectivity index (χ1) is 16.1. The maximum Gasteiger partial charge on any atom is 0.265 e. The molecule has 2 aliphatic heterocycles. The van der Waals surface area contributed by atoms with Crippen LogP contribution in [0.3, 0.4) is 0 Å². The second-order valence-electron chi connectivity index (χ2n) is 8.58. The fourth-order valence-electron chi connectivity index (χ4n) is 4.40. The lowest BCUT2D eigenvalue weighted by Crippen LogP contribution is -2.34. The molecule has 3 aromatic rings. The van der Waals surface area contributed by atoms with Crippen molar-refractivity contribution in [2.75, 3.05) is 18.0 Å². The molecule has 2 heterocycles. The third-order valence-corrected chi connectivity index (χ3v) is 7.16. The van der Waals surface area contributed by atoms with Crippen LogP contribution in [-0.4, -0.2) is 29.8 Å². The van der Waals surface area contributed by atoms with Gasteiger partial charge in [-0.3, -0.25) is 9.59 Å². The van der Waals surface area contributed by atoms with Gasteiger partial charge < -0.3 is 9.80 Å². The molecule has 1 fully saturated rings. The largest absolute Gasteiger partial charge is 0.339 e. The Morgan fingerprint density at radius 2 is 1.76 bits per heavy atom. The summed E-state index contributed by atoms with van der Waals surface area (Å²) < 4.78 is 0. The summed E-state index contributed by atoms with van der Waals surface area (Å²) in [6, 6.07) is 23.9. The number of rotatable bonds is 4. The topological polar surface area (TPSA) is 40.6 Å². The van der Waals surface area contributed by atoms with Crippen molar-refractivity contribution in [3.63, 3.8) is 0 Å². The van der Waals surface area contributed by atoms with Gasteiger partial charge >= 0.3 is 0 Å². The molecular weight excluding hydrogens is 428 g/mol. The van der Waals surface area contributed by atoms with Crippen molar-refractivity contribution in [3.05, 3.63) is 100.0 Å². The Balaban J connectivity index is 1.55. The number of benzene rings is 3. The van der Waals surface area contributed by atoms with Gasteiger partial charge in [-0.25, -0.2) is 0 Å². The van der Waals surface area contributed by atoms with E-state index < -0.39 is 0 Å². The Hall–Kier alpha value is -3.31. The molecule has 2 amide bonds. The van der Waals surface area contributed by atoms with Gasteiger partial charge in [0.2, 0.25) is 0 Å². The Bertz CT molecular complexity index is 1230. The average Bonchev–Trinajstić information content (AvgIpc) is 3.37. The van der Waals surface area contributed by atoms with Gasteiger partial charge in [-0.15, -0.1) is 0 Å². The molecule has 0 spiro atoms. The zero-order valence-electron chi connectivity index (χ0n) is 18.7. The summed E-state index contributed by atoms with van der Waals surface area (Å²) in [6.07, 6.45) is 4.05. The van der Waals surface area contributed by atoms with Gasteiger partial charge in [0.05, 0.1) is 17.1 Å². The van der Waals surface area contributed by atoms with Crippen LogP contribution in [0.4, 0.5) is 5.69 Å². The Kier molecular flexibility index (Phi) is 6.05. The van der Waals surface area contributed by atoms with Crippen LogP contribution in [0, 0.1) is 6.92 Å². The fourth-order valence-corrected chi connectivity index (χ4v) is 5.44. The van der Waals surface area contributed by atoms with E-state index in [1.807, 2.05) is 76.5 Å². The van der Waals surface area contributed by atoms with E-state index in [1.54, 1.807) is 0 Å². The number of carbonyl (C=O) groups is 2. The molecule has 3 aromatic carbocycles. The molecule has 0 bridgehead atoms. The monoisotopic (exact) mass is 454 g/mol. The molecule has 0 aromatic heterocycles. The van der Waals surface area contributed by atoms with E-state index in [0.29, 0.717) is 17.0 Å². The van der Waals surface area contributed by atoms with Crippen LogP contribution in [-0.2, 0) is 11.3 Å². The van der Waals surface area contributed by atoms with Crippen molar-refractivity contribution in [2.45, 2.75) is 31.2 Å². The Morgan fingerprint density at radius 3 is 2.52 bits per heavy atom. The zero-order chi connectivity index (χ0) is 22.8. The fraction of sp³-hybridized carbons (Fsp3) is 0.214. The second kappa shape index (κ2) is 9.28. The molecular formula is C28H26N2O2S. The van der Waals surface area contributed by atoms with E-state index in [1.165, 1.54) is 11.8 Å². The minimum atomic E-state index is -0.0383. The number of amides is 2. The van der Waals surface area contributed by atoms with Crippen molar-refractivity contribution in [1.82, 2.24) is 4.90 Å². The standard InChI is InChI=1S/C28H26N2O2S/c1-20-8-7-11-22(16-20)19-30-24-18-23(27(31)29-14-5-6-15-29)12-13-25(24)33-26(28(30)32)17-21-9-3-2-4-10-21/h2-4,7-13,16-18H,5-6,14-15,19H2,1H3. The van der Waals surface area contributed by atoms with Gasteiger partial charge in [0, 0.05) is 23.5 Å². The Labute approximate surface area is 198 Å².